The lowest BCUT2D eigenvalue weighted by molar-refractivity contribution is 0.318. The molecule has 0 radical (unpaired) electrons. The van der Waals surface area contributed by atoms with Gasteiger partial charge in [-0.15, -0.1) is 0 Å². The van der Waals surface area contributed by atoms with Gasteiger partial charge < -0.3 is 0 Å². The van der Waals surface area contributed by atoms with Crippen LogP contribution in [0.4, 0.5) is 4.39 Å². The number of halogens is 1. The molecule has 0 aliphatic heterocycles. The maximum absolute atomic E-state index is 14.5. The van der Waals surface area contributed by atoms with Gasteiger partial charge in [-0.1, -0.05) is 45.2 Å². The number of aromatic nitrogens is 1. The highest BCUT2D eigenvalue weighted by molar-refractivity contribution is 5.60. The zero-order chi connectivity index (χ0) is 18.4. The van der Waals surface area contributed by atoms with Crippen molar-refractivity contribution in [2.75, 3.05) is 0 Å². The van der Waals surface area contributed by atoms with Gasteiger partial charge in [-0.2, -0.15) is 0 Å². The molecule has 0 bridgehead atoms. The Bertz CT molecular complexity index is 684. The monoisotopic (exact) mass is 353 g/mol. The zero-order valence-corrected chi connectivity index (χ0v) is 16.3. The Hall–Kier alpha value is -1.70. The van der Waals surface area contributed by atoms with E-state index in [1.807, 2.05) is 18.3 Å². The van der Waals surface area contributed by atoms with Crippen LogP contribution in [0.2, 0.25) is 0 Å². The average molecular weight is 354 g/mol. The van der Waals surface area contributed by atoms with Gasteiger partial charge in [-0.05, 0) is 79.7 Å². The summed E-state index contributed by atoms with van der Waals surface area (Å²) in [6.45, 7) is 4.49. The van der Waals surface area contributed by atoms with Gasteiger partial charge in [-0.25, -0.2) is 4.39 Å². The number of hydrogen-bond acceptors (Lipinski definition) is 1. The lowest BCUT2D eigenvalue weighted by atomic mass is 9.78. The van der Waals surface area contributed by atoms with Crippen LogP contribution in [0, 0.1) is 11.7 Å². The largest absolute Gasteiger partial charge is 0.256 e. The van der Waals surface area contributed by atoms with E-state index in [4.69, 9.17) is 0 Å². The fourth-order valence-electron chi connectivity index (χ4n) is 4.21. The molecule has 2 aromatic rings. The summed E-state index contributed by atoms with van der Waals surface area (Å²) in [5.74, 6) is 1.39. The van der Waals surface area contributed by atoms with Gasteiger partial charge in [0.2, 0.25) is 0 Å². The quantitative estimate of drug-likeness (QED) is 0.476. The molecule has 0 spiro atoms. The molecule has 1 aliphatic carbocycles. The summed E-state index contributed by atoms with van der Waals surface area (Å²) in [5, 5.41) is 0. The molecule has 1 aliphatic rings. The average Bonchev–Trinajstić information content (AvgIpc) is 2.69. The van der Waals surface area contributed by atoms with E-state index in [-0.39, 0.29) is 5.82 Å². The van der Waals surface area contributed by atoms with E-state index in [1.165, 1.54) is 50.5 Å². The third kappa shape index (κ3) is 4.72. The summed E-state index contributed by atoms with van der Waals surface area (Å²) in [7, 11) is 0. The Morgan fingerprint density at radius 3 is 2.42 bits per heavy atom. The van der Waals surface area contributed by atoms with E-state index in [0.717, 1.165) is 30.0 Å². The molecule has 26 heavy (non-hydrogen) atoms. The lowest BCUT2D eigenvalue weighted by Crippen LogP contribution is -2.12. The molecule has 1 saturated carbocycles. The summed E-state index contributed by atoms with van der Waals surface area (Å²) in [5.41, 5.74) is 3.77. The first-order valence-electron chi connectivity index (χ1n) is 10.5. The van der Waals surface area contributed by atoms with Gasteiger partial charge in [0.25, 0.3) is 0 Å². The van der Waals surface area contributed by atoms with E-state index in [2.05, 4.69) is 31.0 Å². The first-order valence-corrected chi connectivity index (χ1v) is 10.5. The Labute approximate surface area is 158 Å². The van der Waals surface area contributed by atoms with Crippen LogP contribution in [0.15, 0.2) is 36.5 Å². The van der Waals surface area contributed by atoms with Gasteiger partial charge >= 0.3 is 0 Å². The predicted molar refractivity (Wildman–Crippen MR) is 108 cm³/mol. The summed E-state index contributed by atoms with van der Waals surface area (Å²) >= 11 is 0. The van der Waals surface area contributed by atoms with Crippen LogP contribution in [0.25, 0.3) is 11.3 Å². The minimum atomic E-state index is -0.150. The van der Waals surface area contributed by atoms with Crippen LogP contribution in [-0.4, -0.2) is 4.98 Å². The van der Waals surface area contributed by atoms with E-state index in [9.17, 15) is 4.39 Å². The summed E-state index contributed by atoms with van der Waals surface area (Å²) in [4.78, 5) is 4.59. The molecule has 1 aromatic carbocycles. The molecule has 3 rings (SSSR count). The summed E-state index contributed by atoms with van der Waals surface area (Å²) in [6.07, 6.45) is 12.9. The number of benzene rings is 1. The lowest BCUT2D eigenvalue weighted by Gasteiger charge is -2.27. The highest BCUT2D eigenvalue weighted by Gasteiger charge is 2.21. The van der Waals surface area contributed by atoms with Crippen LogP contribution in [0.5, 0.6) is 0 Å². The highest BCUT2D eigenvalue weighted by Crippen LogP contribution is 2.37. The van der Waals surface area contributed by atoms with E-state index >= 15 is 0 Å². The van der Waals surface area contributed by atoms with Gasteiger partial charge in [0.05, 0.1) is 5.69 Å². The van der Waals surface area contributed by atoms with Gasteiger partial charge in [0, 0.05) is 11.8 Å². The molecule has 0 amide bonds. The Balaban J connectivity index is 1.66. The molecule has 2 heteroatoms. The Kier molecular flexibility index (Phi) is 6.82. The van der Waals surface area contributed by atoms with Gasteiger partial charge in [-0.3, -0.25) is 4.98 Å². The van der Waals surface area contributed by atoms with E-state index in [1.54, 1.807) is 6.07 Å². The molecule has 1 nitrogen and oxygen atoms in total. The maximum atomic E-state index is 14.5. The standard InChI is InChI=1S/C24H32FN/c1-3-5-6-7-19-10-14-22(23(25)16-19)24-15-13-21(17-26-24)20-11-8-18(4-2)9-12-20/h10,13-18,20H,3-9,11-12H2,1-2H3/t18-,20-. The fourth-order valence-corrected chi connectivity index (χ4v) is 4.21. The van der Waals surface area contributed by atoms with Crippen LogP contribution in [0.1, 0.15) is 82.3 Å². The van der Waals surface area contributed by atoms with Crippen LogP contribution >= 0.6 is 0 Å². The van der Waals surface area contributed by atoms with E-state index < -0.39 is 0 Å². The van der Waals surface area contributed by atoms with Crippen molar-refractivity contribution in [3.63, 3.8) is 0 Å². The fraction of sp³-hybridized carbons (Fsp3) is 0.542. The van der Waals surface area contributed by atoms with Crippen LogP contribution in [-0.2, 0) is 6.42 Å². The number of pyridine rings is 1. The second-order valence-corrected chi connectivity index (χ2v) is 7.87. The van der Waals surface area contributed by atoms with Crippen LogP contribution < -0.4 is 0 Å². The first kappa shape index (κ1) is 19.1. The molecule has 1 heterocycles. The maximum Gasteiger partial charge on any atom is 0.132 e. The molecular weight excluding hydrogens is 321 g/mol. The molecule has 0 N–H and O–H groups in total. The molecular formula is C24H32FN. The minimum absolute atomic E-state index is 0.150. The van der Waals surface area contributed by atoms with Gasteiger partial charge in [0.15, 0.2) is 0 Å². The van der Waals surface area contributed by atoms with Crippen molar-refractivity contribution in [3.05, 3.63) is 53.5 Å². The number of rotatable bonds is 7. The van der Waals surface area contributed by atoms with Crippen LogP contribution in [0.3, 0.4) is 0 Å². The molecule has 140 valence electrons. The number of aryl methyl sites for hydroxylation is 1. The topological polar surface area (TPSA) is 12.9 Å². The van der Waals surface area contributed by atoms with Crippen molar-refractivity contribution in [2.45, 2.75) is 77.6 Å². The zero-order valence-electron chi connectivity index (χ0n) is 16.3. The van der Waals surface area contributed by atoms with Crippen molar-refractivity contribution in [3.8, 4) is 11.3 Å². The second-order valence-electron chi connectivity index (χ2n) is 7.87. The smallest absolute Gasteiger partial charge is 0.132 e. The SMILES string of the molecule is CCCCCc1ccc(-c2ccc([C@H]3CC[C@H](CC)CC3)cn2)c(F)c1. The number of unbranched alkanes of at least 4 members (excludes halogenated alkanes) is 2. The predicted octanol–water partition coefficient (Wildman–Crippen LogP) is 7.30. The van der Waals surface area contributed by atoms with Crippen molar-refractivity contribution in [2.24, 2.45) is 5.92 Å². The Morgan fingerprint density at radius 2 is 1.81 bits per heavy atom. The molecule has 0 atom stereocenters. The highest BCUT2D eigenvalue weighted by atomic mass is 19.1. The van der Waals surface area contributed by atoms with Crippen molar-refractivity contribution >= 4 is 0 Å². The third-order valence-corrected chi connectivity index (χ3v) is 6.06. The molecule has 1 fully saturated rings. The first-order chi connectivity index (χ1) is 12.7. The molecule has 0 unspecified atom stereocenters. The minimum Gasteiger partial charge on any atom is -0.256 e. The van der Waals surface area contributed by atoms with Crippen molar-refractivity contribution < 1.29 is 4.39 Å². The molecule has 0 saturated heterocycles. The molecule has 1 aromatic heterocycles. The van der Waals surface area contributed by atoms with Crippen molar-refractivity contribution in [1.82, 2.24) is 4.98 Å². The normalized spacial score (nSPS) is 20.3. The second kappa shape index (κ2) is 9.30. The summed E-state index contributed by atoms with van der Waals surface area (Å²) < 4.78 is 14.5. The summed E-state index contributed by atoms with van der Waals surface area (Å²) in [6, 6.07) is 9.79. The third-order valence-electron chi connectivity index (χ3n) is 6.06. The van der Waals surface area contributed by atoms with Gasteiger partial charge in [0.1, 0.15) is 5.82 Å². The Morgan fingerprint density at radius 1 is 1.00 bits per heavy atom. The van der Waals surface area contributed by atoms with Crippen molar-refractivity contribution in [1.29, 1.82) is 0 Å². The number of nitrogens with zero attached hydrogens (tertiary/aromatic N) is 1. The number of hydrogen-bond donors (Lipinski definition) is 0. The van der Waals surface area contributed by atoms with E-state index in [0.29, 0.717) is 11.5 Å².